The number of ether oxygens (including phenoxy) is 1. The number of methoxy groups -OCH3 is 1. The molecule has 3 aromatic rings. The number of para-hydroxylation sites is 1. The highest BCUT2D eigenvalue weighted by atomic mass is 32.1. The van der Waals surface area contributed by atoms with E-state index < -0.39 is 6.10 Å². The van der Waals surface area contributed by atoms with Crippen LogP contribution in [0.25, 0.3) is 10.9 Å². The van der Waals surface area contributed by atoms with Crippen molar-refractivity contribution in [1.29, 1.82) is 0 Å². The van der Waals surface area contributed by atoms with Gasteiger partial charge in [0.15, 0.2) is 0 Å². The molecule has 0 saturated heterocycles. The Morgan fingerprint density at radius 1 is 1.26 bits per heavy atom. The Balaban J connectivity index is 2.08. The van der Waals surface area contributed by atoms with Crippen LogP contribution >= 0.6 is 11.3 Å². The number of rotatable bonds is 3. The third-order valence-electron chi connectivity index (χ3n) is 3.06. The molecule has 0 radical (unpaired) electrons. The second kappa shape index (κ2) is 4.99. The molecule has 0 aliphatic heterocycles. The summed E-state index contributed by atoms with van der Waals surface area (Å²) in [4.78, 5) is 5.22. The van der Waals surface area contributed by atoms with E-state index in [4.69, 9.17) is 4.74 Å². The summed E-state index contributed by atoms with van der Waals surface area (Å²) in [5.41, 5.74) is 1.66. The minimum Gasteiger partial charge on any atom is -0.496 e. The van der Waals surface area contributed by atoms with E-state index in [1.165, 1.54) is 11.3 Å². The van der Waals surface area contributed by atoms with Crippen LogP contribution in [0.5, 0.6) is 5.75 Å². The number of hydrogen-bond acceptors (Lipinski definition) is 4. The average Bonchev–Trinajstić information content (AvgIpc) is 2.95. The van der Waals surface area contributed by atoms with Gasteiger partial charge in [-0.2, -0.15) is 0 Å². The summed E-state index contributed by atoms with van der Waals surface area (Å²) in [6.45, 7) is 0. The largest absolute Gasteiger partial charge is 0.496 e. The summed E-state index contributed by atoms with van der Waals surface area (Å²) in [6.07, 6.45) is 1.07. The Morgan fingerprint density at radius 3 is 2.89 bits per heavy atom. The molecule has 3 rings (SSSR count). The SMILES string of the molecule is COc1csc(C(O)c2cccc3cccnc23)c1. The molecule has 0 aliphatic carbocycles. The number of benzene rings is 1. The lowest BCUT2D eigenvalue weighted by molar-refractivity contribution is 0.225. The molecule has 0 fully saturated rings. The predicted octanol–water partition coefficient (Wildman–Crippen LogP) is 3.39. The van der Waals surface area contributed by atoms with Crippen molar-refractivity contribution >= 4 is 22.2 Å². The Kier molecular flexibility index (Phi) is 3.19. The van der Waals surface area contributed by atoms with E-state index in [-0.39, 0.29) is 0 Å². The molecule has 0 spiro atoms. The Morgan fingerprint density at radius 2 is 2.11 bits per heavy atom. The van der Waals surface area contributed by atoms with Crippen molar-refractivity contribution < 1.29 is 9.84 Å². The fourth-order valence-electron chi connectivity index (χ4n) is 2.09. The van der Waals surface area contributed by atoms with Gasteiger partial charge in [-0.3, -0.25) is 4.98 Å². The van der Waals surface area contributed by atoms with E-state index in [9.17, 15) is 5.11 Å². The normalized spacial score (nSPS) is 12.5. The van der Waals surface area contributed by atoms with Crippen molar-refractivity contribution in [2.75, 3.05) is 7.11 Å². The number of aliphatic hydroxyl groups is 1. The van der Waals surface area contributed by atoms with Crippen molar-refractivity contribution in [1.82, 2.24) is 4.98 Å². The monoisotopic (exact) mass is 271 g/mol. The number of aliphatic hydroxyl groups excluding tert-OH is 1. The second-order valence-corrected chi connectivity index (χ2v) is 5.16. The van der Waals surface area contributed by atoms with Crippen LogP contribution < -0.4 is 4.74 Å². The number of pyridine rings is 1. The van der Waals surface area contributed by atoms with Gasteiger partial charge in [-0.1, -0.05) is 24.3 Å². The van der Waals surface area contributed by atoms with Crippen molar-refractivity contribution in [3.05, 3.63) is 58.4 Å². The molecular formula is C15H13NO2S. The first kappa shape index (κ1) is 12.1. The van der Waals surface area contributed by atoms with Crippen LogP contribution in [0, 0.1) is 0 Å². The van der Waals surface area contributed by atoms with E-state index in [0.29, 0.717) is 0 Å². The minimum atomic E-state index is -0.674. The van der Waals surface area contributed by atoms with Crippen LogP contribution in [-0.2, 0) is 0 Å². The summed E-state index contributed by atoms with van der Waals surface area (Å²) in [6, 6.07) is 11.6. The Hall–Kier alpha value is -1.91. The van der Waals surface area contributed by atoms with Gasteiger partial charge in [0.05, 0.1) is 12.6 Å². The summed E-state index contributed by atoms with van der Waals surface area (Å²) in [5, 5.41) is 13.4. The number of aromatic nitrogens is 1. The predicted molar refractivity (Wildman–Crippen MR) is 76.7 cm³/mol. The molecule has 0 bridgehead atoms. The van der Waals surface area contributed by atoms with Crippen molar-refractivity contribution in [3.8, 4) is 5.75 Å². The molecule has 19 heavy (non-hydrogen) atoms. The zero-order chi connectivity index (χ0) is 13.2. The van der Waals surface area contributed by atoms with Crippen LogP contribution in [0.2, 0.25) is 0 Å². The molecule has 2 heterocycles. The first-order valence-electron chi connectivity index (χ1n) is 5.93. The van der Waals surface area contributed by atoms with E-state index in [2.05, 4.69) is 4.98 Å². The second-order valence-electron chi connectivity index (χ2n) is 4.21. The molecule has 1 atom stereocenters. The standard InChI is InChI=1S/C15H13NO2S/c1-18-11-8-13(19-9-11)15(17)12-6-2-4-10-5-3-7-16-14(10)12/h2-9,15,17H,1H3. The first-order chi connectivity index (χ1) is 9.29. The first-order valence-corrected chi connectivity index (χ1v) is 6.81. The molecular weight excluding hydrogens is 258 g/mol. The van der Waals surface area contributed by atoms with Crippen molar-refractivity contribution in [2.24, 2.45) is 0 Å². The maximum absolute atomic E-state index is 10.5. The van der Waals surface area contributed by atoms with Crippen LogP contribution in [0.1, 0.15) is 16.5 Å². The fraction of sp³-hybridized carbons (Fsp3) is 0.133. The van der Waals surface area contributed by atoms with Crippen LogP contribution in [0.15, 0.2) is 48.0 Å². The topological polar surface area (TPSA) is 42.4 Å². The van der Waals surface area contributed by atoms with Gasteiger partial charge >= 0.3 is 0 Å². The smallest absolute Gasteiger partial charge is 0.129 e. The number of fused-ring (bicyclic) bond motifs is 1. The van der Waals surface area contributed by atoms with Gasteiger partial charge in [0.1, 0.15) is 11.9 Å². The van der Waals surface area contributed by atoms with Crippen molar-refractivity contribution in [3.63, 3.8) is 0 Å². The maximum atomic E-state index is 10.5. The minimum absolute atomic E-state index is 0.674. The van der Waals surface area contributed by atoms with Gasteiger partial charge in [0.25, 0.3) is 0 Å². The molecule has 2 aromatic heterocycles. The fourth-order valence-corrected chi connectivity index (χ4v) is 2.94. The lowest BCUT2D eigenvalue weighted by atomic mass is 10.0. The quantitative estimate of drug-likeness (QED) is 0.794. The third kappa shape index (κ3) is 2.20. The van der Waals surface area contributed by atoms with Crippen LogP contribution in [-0.4, -0.2) is 17.2 Å². The molecule has 4 heteroatoms. The molecule has 1 aromatic carbocycles. The summed E-state index contributed by atoms with van der Waals surface area (Å²) >= 11 is 1.48. The van der Waals surface area contributed by atoms with Gasteiger partial charge in [-0.25, -0.2) is 0 Å². The molecule has 96 valence electrons. The third-order valence-corrected chi connectivity index (χ3v) is 4.02. The van der Waals surface area contributed by atoms with E-state index in [0.717, 1.165) is 27.1 Å². The Bertz CT molecular complexity index is 703. The molecule has 1 unspecified atom stereocenters. The van der Waals surface area contributed by atoms with Gasteiger partial charge in [0.2, 0.25) is 0 Å². The van der Waals surface area contributed by atoms with Crippen LogP contribution in [0.3, 0.4) is 0 Å². The molecule has 3 nitrogen and oxygen atoms in total. The van der Waals surface area contributed by atoms with Gasteiger partial charge in [0, 0.05) is 27.4 Å². The number of hydrogen-bond donors (Lipinski definition) is 1. The van der Waals surface area contributed by atoms with Crippen molar-refractivity contribution in [2.45, 2.75) is 6.10 Å². The highest BCUT2D eigenvalue weighted by molar-refractivity contribution is 7.10. The zero-order valence-electron chi connectivity index (χ0n) is 10.4. The Labute approximate surface area is 115 Å². The average molecular weight is 271 g/mol. The van der Waals surface area contributed by atoms with E-state index in [1.54, 1.807) is 13.3 Å². The van der Waals surface area contributed by atoms with Gasteiger partial charge < -0.3 is 9.84 Å². The number of thiophene rings is 1. The summed E-state index contributed by atoms with van der Waals surface area (Å²) in [5.74, 6) is 0.771. The highest BCUT2D eigenvalue weighted by Crippen LogP contribution is 2.33. The number of nitrogens with zero attached hydrogens (tertiary/aromatic N) is 1. The lowest BCUT2D eigenvalue weighted by Crippen LogP contribution is -1.99. The van der Waals surface area contributed by atoms with Gasteiger partial charge in [-0.05, 0) is 12.1 Å². The lowest BCUT2D eigenvalue weighted by Gasteiger charge is -2.11. The maximum Gasteiger partial charge on any atom is 0.129 e. The molecule has 0 saturated carbocycles. The summed E-state index contributed by atoms with van der Waals surface area (Å²) in [7, 11) is 1.62. The van der Waals surface area contributed by atoms with E-state index >= 15 is 0 Å². The van der Waals surface area contributed by atoms with E-state index in [1.807, 2.05) is 41.8 Å². The van der Waals surface area contributed by atoms with Crippen LogP contribution in [0.4, 0.5) is 0 Å². The molecule has 0 aliphatic rings. The van der Waals surface area contributed by atoms with Gasteiger partial charge in [-0.15, -0.1) is 11.3 Å². The highest BCUT2D eigenvalue weighted by Gasteiger charge is 2.16. The zero-order valence-corrected chi connectivity index (χ0v) is 11.2. The molecule has 0 amide bonds. The molecule has 1 N–H and O–H groups in total. The summed E-state index contributed by atoms with van der Waals surface area (Å²) < 4.78 is 5.15.